The van der Waals surface area contributed by atoms with Crippen LogP contribution in [0.25, 0.3) is 0 Å². The molecule has 1 aliphatic heterocycles. The van der Waals surface area contributed by atoms with E-state index in [-0.39, 0.29) is 10.8 Å². The number of hydrogen-bond donors (Lipinski definition) is 3. The summed E-state index contributed by atoms with van der Waals surface area (Å²) in [6.45, 7) is 1.85. The van der Waals surface area contributed by atoms with E-state index < -0.39 is 10.0 Å². The zero-order chi connectivity index (χ0) is 14.6. The molecule has 6 nitrogen and oxygen atoms in total. The van der Waals surface area contributed by atoms with Crippen LogP contribution < -0.4 is 15.4 Å². The molecule has 1 amide bonds. The first-order valence-electron chi connectivity index (χ1n) is 6.55. The summed E-state index contributed by atoms with van der Waals surface area (Å²) in [5.74, 6) is 0.349. The van der Waals surface area contributed by atoms with E-state index in [0.29, 0.717) is 18.0 Å². The minimum atomic E-state index is -3.43. The highest BCUT2D eigenvalue weighted by Crippen LogP contribution is 2.16. The molecule has 0 saturated carbocycles. The first-order valence-corrected chi connectivity index (χ1v) is 8.04. The van der Waals surface area contributed by atoms with Gasteiger partial charge in [0.15, 0.2) is 0 Å². The number of rotatable bonds is 5. The van der Waals surface area contributed by atoms with Gasteiger partial charge in [-0.15, -0.1) is 0 Å². The molecular weight excluding hydrogens is 278 g/mol. The maximum Gasteiger partial charge on any atom is 0.240 e. The lowest BCUT2D eigenvalue weighted by Gasteiger charge is -2.09. The van der Waals surface area contributed by atoms with Crippen LogP contribution in [0.4, 0.5) is 5.69 Å². The quantitative estimate of drug-likeness (QED) is 0.740. The van der Waals surface area contributed by atoms with Crippen molar-refractivity contribution in [2.75, 3.05) is 25.5 Å². The fourth-order valence-electron chi connectivity index (χ4n) is 2.20. The molecule has 20 heavy (non-hydrogen) atoms. The molecule has 7 heteroatoms. The second-order valence-corrected chi connectivity index (χ2v) is 6.73. The van der Waals surface area contributed by atoms with Gasteiger partial charge in [0.05, 0.1) is 4.90 Å². The second kappa shape index (κ2) is 6.34. The molecule has 1 heterocycles. The van der Waals surface area contributed by atoms with E-state index in [1.54, 1.807) is 12.1 Å². The number of anilines is 1. The summed E-state index contributed by atoms with van der Waals surface area (Å²) in [5, 5.41) is 6.00. The van der Waals surface area contributed by atoms with Crippen LogP contribution in [0.1, 0.15) is 12.8 Å². The lowest BCUT2D eigenvalue weighted by atomic mass is 10.0. The molecule has 0 spiro atoms. The molecule has 110 valence electrons. The third-order valence-corrected chi connectivity index (χ3v) is 4.78. The molecule has 3 N–H and O–H groups in total. The van der Waals surface area contributed by atoms with Crippen molar-refractivity contribution in [1.82, 2.24) is 10.0 Å². The van der Waals surface area contributed by atoms with E-state index in [4.69, 9.17) is 0 Å². The average molecular weight is 297 g/mol. The molecule has 0 aromatic heterocycles. The Kier molecular flexibility index (Phi) is 4.74. The van der Waals surface area contributed by atoms with E-state index in [1.165, 1.54) is 19.2 Å². The predicted molar refractivity (Wildman–Crippen MR) is 76.9 cm³/mol. The minimum absolute atomic E-state index is 0.0390. The van der Waals surface area contributed by atoms with Crippen molar-refractivity contribution in [2.45, 2.75) is 17.7 Å². The van der Waals surface area contributed by atoms with E-state index in [2.05, 4.69) is 15.4 Å². The zero-order valence-corrected chi connectivity index (χ0v) is 12.2. The van der Waals surface area contributed by atoms with Crippen LogP contribution in [0.15, 0.2) is 29.2 Å². The van der Waals surface area contributed by atoms with Gasteiger partial charge in [0, 0.05) is 12.1 Å². The lowest BCUT2D eigenvalue weighted by molar-refractivity contribution is -0.116. The van der Waals surface area contributed by atoms with Crippen LogP contribution in [-0.4, -0.2) is 34.5 Å². The van der Waals surface area contributed by atoms with E-state index in [9.17, 15) is 13.2 Å². The van der Waals surface area contributed by atoms with Gasteiger partial charge < -0.3 is 10.6 Å². The molecule has 0 radical (unpaired) electrons. The van der Waals surface area contributed by atoms with Gasteiger partial charge in [0.1, 0.15) is 0 Å². The number of amides is 1. The molecule has 0 aliphatic carbocycles. The molecule has 1 saturated heterocycles. The van der Waals surface area contributed by atoms with Crippen molar-refractivity contribution in [1.29, 1.82) is 0 Å². The molecular formula is C13H19N3O3S. The van der Waals surface area contributed by atoms with Crippen LogP contribution in [-0.2, 0) is 14.8 Å². The largest absolute Gasteiger partial charge is 0.326 e. The Morgan fingerprint density at radius 1 is 1.35 bits per heavy atom. The molecule has 1 aromatic rings. The van der Waals surface area contributed by atoms with Gasteiger partial charge in [-0.3, -0.25) is 4.79 Å². The second-order valence-electron chi connectivity index (χ2n) is 4.84. The van der Waals surface area contributed by atoms with Crippen LogP contribution in [0.5, 0.6) is 0 Å². The van der Waals surface area contributed by atoms with Crippen LogP contribution >= 0.6 is 0 Å². The van der Waals surface area contributed by atoms with Crippen LogP contribution in [0.2, 0.25) is 0 Å². The van der Waals surface area contributed by atoms with Crippen molar-refractivity contribution in [3.05, 3.63) is 24.3 Å². The normalized spacial score (nSPS) is 18.9. The van der Waals surface area contributed by atoms with Crippen molar-refractivity contribution in [3.8, 4) is 0 Å². The molecule has 0 bridgehead atoms. The Balaban J connectivity index is 1.95. The average Bonchev–Trinajstić information content (AvgIpc) is 2.92. The standard InChI is InChI=1S/C13H19N3O3S/c1-14-20(18,19)12-4-2-11(3-5-12)16-13(17)8-10-6-7-15-9-10/h2-5,10,14-15H,6-9H2,1H3,(H,16,17). The molecule has 2 rings (SSSR count). The van der Waals surface area contributed by atoms with Crippen molar-refractivity contribution >= 4 is 21.6 Å². The molecule has 1 atom stereocenters. The summed E-state index contributed by atoms with van der Waals surface area (Å²) in [4.78, 5) is 12.0. The fraction of sp³-hybridized carbons (Fsp3) is 0.462. The molecule has 1 unspecified atom stereocenters. The minimum Gasteiger partial charge on any atom is -0.326 e. The Morgan fingerprint density at radius 2 is 2.05 bits per heavy atom. The smallest absolute Gasteiger partial charge is 0.240 e. The van der Waals surface area contributed by atoms with Gasteiger partial charge in [-0.05, 0) is 56.7 Å². The van der Waals surface area contributed by atoms with Gasteiger partial charge in [-0.25, -0.2) is 13.1 Å². The van der Waals surface area contributed by atoms with Gasteiger partial charge in [-0.1, -0.05) is 0 Å². The highest BCUT2D eigenvalue weighted by atomic mass is 32.2. The van der Waals surface area contributed by atoms with E-state index in [0.717, 1.165) is 19.5 Å². The predicted octanol–water partition coefficient (Wildman–Crippen LogP) is 0.533. The van der Waals surface area contributed by atoms with E-state index >= 15 is 0 Å². The Labute approximate surface area is 119 Å². The summed E-state index contributed by atoms with van der Waals surface area (Å²) in [5.41, 5.74) is 0.607. The van der Waals surface area contributed by atoms with Gasteiger partial charge in [-0.2, -0.15) is 0 Å². The lowest BCUT2D eigenvalue weighted by Crippen LogP contribution is -2.19. The third kappa shape index (κ3) is 3.78. The SMILES string of the molecule is CNS(=O)(=O)c1ccc(NC(=O)CC2CCNC2)cc1. The fourth-order valence-corrected chi connectivity index (χ4v) is 2.93. The monoisotopic (exact) mass is 297 g/mol. The van der Waals surface area contributed by atoms with Crippen LogP contribution in [0, 0.1) is 5.92 Å². The number of sulfonamides is 1. The summed E-state index contributed by atoms with van der Waals surface area (Å²) in [6, 6.07) is 6.13. The Hall–Kier alpha value is -1.44. The molecule has 1 aromatic carbocycles. The van der Waals surface area contributed by atoms with Gasteiger partial charge in [0.25, 0.3) is 0 Å². The third-order valence-electron chi connectivity index (χ3n) is 3.35. The summed E-state index contributed by atoms with van der Waals surface area (Å²) in [6.07, 6.45) is 1.51. The highest BCUT2D eigenvalue weighted by molar-refractivity contribution is 7.89. The Morgan fingerprint density at radius 3 is 2.60 bits per heavy atom. The van der Waals surface area contributed by atoms with Gasteiger partial charge in [0.2, 0.25) is 15.9 Å². The maximum atomic E-state index is 11.8. The topological polar surface area (TPSA) is 87.3 Å². The first-order chi connectivity index (χ1) is 9.51. The van der Waals surface area contributed by atoms with Crippen molar-refractivity contribution in [3.63, 3.8) is 0 Å². The summed E-state index contributed by atoms with van der Waals surface area (Å²) < 4.78 is 25.4. The van der Waals surface area contributed by atoms with E-state index in [1.807, 2.05) is 0 Å². The highest BCUT2D eigenvalue weighted by Gasteiger charge is 2.18. The number of benzene rings is 1. The van der Waals surface area contributed by atoms with Crippen LogP contribution in [0.3, 0.4) is 0 Å². The number of nitrogens with one attached hydrogen (secondary N) is 3. The summed E-state index contributed by atoms with van der Waals surface area (Å²) in [7, 11) is -2.07. The van der Waals surface area contributed by atoms with Crippen molar-refractivity contribution < 1.29 is 13.2 Å². The van der Waals surface area contributed by atoms with Crippen molar-refractivity contribution in [2.24, 2.45) is 5.92 Å². The summed E-state index contributed by atoms with van der Waals surface area (Å²) >= 11 is 0. The number of carbonyl (C=O) groups excluding carboxylic acids is 1. The van der Waals surface area contributed by atoms with Gasteiger partial charge >= 0.3 is 0 Å². The number of hydrogen-bond acceptors (Lipinski definition) is 4. The number of carbonyl (C=O) groups is 1. The Bertz CT molecular complexity index is 563. The first kappa shape index (κ1) is 15.0. The molecule has 1 fully saturated rings. The zero-order valence-electron chi connectivity index (χ0n) is 11.3. The maximum absolute atomic E-state index is 11.8. The molecule has 1 aliphatic rings.